The zero-order chi connectivity index (χ0) is 15.8. The van der Waals surface area contributed by atoms with Crippen molar-refractivity contribution in [1.82, 2.24) is 14.7 Å². The minimum atomic E-state index is -3.76. The van der Waals surface area contributed by atoms with Crippen LogP contribution in [0.15, 0.2) is 21.6 Å². The second kappa shape index (κ2) is 6.29. The van der Waals surface area contributed by atoms with Gasteiger partial charge in [0, 0.05) is 15.5 Å². The summed E-state index contributed by atoms with van der Waals surface area (Å²) in [4.78, 5) is 8.97. The van der Waals surface area contributed by atoms with Crippen LogP contribution in [0.1, 0.15) is 28.5 Å². The standard InChI is InChI=1S/C12H13BrClN3O2S2/c1-6-11(20-8(3)16-6)7(2)17-21(18,19)10-4-9(13)5-15-12(10)14/h4-5,7,17H,1-3H3. The molecule has 0 aromatic carbocycles. The molecule has 1 unspecified atom stereocenters. The number of aromatic nitrogens is 2. The Bertz CT molecular complexity index is 777. The molecule has 0 saturated heterocycles. The van der Waals surface area contributed by atoms with Crippen LogP contribution >= 0.6 is 38.9 Å². The fraction of sp³-hybridized carbons (Fsp3) is 0.333. The largest absolute Gasteiger partial charge is 0.247 e. The van der Waals surface area contributed by atoms with Crippen LogP contribution in [0.2, 0.25) is 5.15 Å². The van der Waals surface area contributed by atoms with Gasteiger partial charge in [0.1, 0.15) is 10.0 Å². The predicted octanol–water partition coefficient (Wildman–Crippen LogP) is 3.61. The lowest BCUT2D eigenvalue weighted by atomic mass is 10.2. The van der Waals surface area contributed by atoms with Gasteiger partial charge < -0.3 is 0 Å². The number of nitrogens with one attached hydrogen (secondary N) is 1. The summed E-state index contributed by atoms with van der Waals surface area (Å²) in [5.41, 5.74) is 0.825. The monoisotopic (exact) mass is 409 g/mol. The lowest BCUT2D eigenvalue weighted by Crippen LogP contribution is -2.27. The van der Waals surface area contributed by atoms with Crippen molar-refractivity contribution in [1.29, 1.82) is 0 Å². The molecule has 0 spiro atoms. The first-order chi connectivity index (χ1) is 9.70. The molecular formula is C12H13BrClN3O2S2. The van der Waals surface area contributed by atoms with Gasteiger partial charge in [0.25, 0.3) is 0 Å². The van der Waals surface area contributed by atoms with Crippen molar-refractivity contribution in [2.75, 3.05) is 0 Å². The molecular weight excluding hydrogens is 398 g/mol. The summed E-state index contributed by atoms with van der Waals surface area (Å²) in [6.45, 7) is 5.52. The normalized spacial score (nSPS) is 13.4. The molecule has 0 bridgehead atoms. The van der Waals surface area contributed by atoms with Gasteiger partial charge in [0.15, 0.2) is 0 Å². The molecule has 114 valence electrons. The van der Waals surface area contributed by atoms with Crippen LogP contribution in [0.25, 0.3) is 0 Å². The third-order valence-electron chi connectivity index (χ3n) is 2.73. The molecule has 2 rings (SSSR count). The van der Waals surface area contributed by atoms with Gasteiger partial charge in [-0.1, -0.05) is 11.6 Å². The van der Waals surface area contributed by atoms with Crippen LogP contribution in [0.5, 0.6) is 0 Å². The van der Waals surface area contributed by atoms with Crippen molar-refractivity contribution >= 4 is 48.9 Å². The van der Waals surface area contributed by atoms with E-state index in [1.165, 1.54) is 23.6 Å². The van der Waals surface area contributed by atoms with Crippen LogP contribution in [0.4, 0.5) is 0 Å². The van der Waals surface area contributed by atoms with Crippen molar-refractivity contribution < 1.29 is 8.42 Å². The van der Waals surface area contributed by atoms with Gasteiger partial charge in [-0.2, -0.15) is 0 Å². The smallest absolute Gasteiger partial charge is 0.244 e. The minimum absolute atomic E-state index is 0.0516. The highest BCUT2D eigenvalue weighted by atomic mass is 79.9. The Kier molecular flexibility index (Phi) is 5.04. The van der Waals surface area contributed by atoms with E-state index in [9.17, 15) is 8.42 Å². The number of halogens is 2. The molecule has 0 aliphatic rings. The van der Waals surface area contributed by atoms with E-state index in [-0.39, 0.29) is 10.0 Å². The van der Waals surface area contributed by atoms with Crippen molar-refractivity contribution in [2.24, 2.45) is 0 Å². The second-order valence-corrected chi connectivity index (χ2v) is 8.66. The maximum atomic E-state index is 12.4. The molecule has 2 aromatic heterocycles. The van der Waals surface area contributed by atoms with E-state index >= 15 is 0 Å². The Labute approximate surface area is 141 Å². The number of hydrogen-bond donors (Lipinski definition) is 1. The van der Waals surface area contributed by atoms with Crippen molar-refractivity contribution in [2.45, 2.75) is 31.7 Å². The van der Waals surface area contributed by atoms with Gasteiger partial charge in [-0.05, 0) is 42.8 Å². The summed E-state index contributed by atoms with van der Waals surface area (Å²) in [6, 6.07) is 1.03. The van der Waals surface area contributed by atoms with Crippen LogP contribution in [-0.4, -0.2) is 18.4 Å². The molecule has 21 heavy (non-hydrogen) atoms. The van der Waals surface area contributed by atoms with E-state index in [1.54, 1.807) is 6.92 Å². The summed E-state index contributed by atoms with van der Waals surface area (Å²) in [5.74, 6) is 0. The second-order valence-electron chi connectivity index (χ2n) is 4.47. The molecule has 0 aliphatic carbocycles. The third-order valence-corrected chi connectivity index (χ3v) is 6.38. The Hall–Kier alpha value is -0.540. The Balaban J connectivity index is 2.33. The van der Waals surface area contributed by atoms with Gasteiger partial charge in [0.05, 0.1) is 16.7 Å². The lowest BCUT2D eigenvalue weighted by molar-refractivity contribution is 0.567. The van der Waals surface area contributed by atoms with Crippen LogP contribution in [0, 0.1) is 13.8 Å². The topological polar surface area (TPSA) is 72.0 Å². The van der Waals surface area contributed by atoms with Crippen LogP contribution in [-0.2, 0) is 10.0 Å². The zero-order valence-corrected chi connectivity index (χ0v) is 15.5. The van der Waals surface area contributed by atoms with Gasteiger partial charge in [-0.3, -0.25) is 0 Å². The van der Waals surface area contributed by atoms with Gasteiger partial charge in [-0.25, -0.2) is 23.1 Å². The molecule has 0 amide bonds. The predicted molar refractivity (Wildman–Crippen MR) is 87.3 cm³/mol. The number of pyridine rings is 1. The number of hydrogen-bond acceptors (Lipinski definition) is 5. The van der Waals surface area contributed by atoms with Crippen molar-refractivity contribution in [3.8, 4) is 0 Å². The maximum absolute atomic E-state index is 12.4. The number of rotatable bonds is 4. The first kappa shape index (κ1) is 16.8. The average Bonchev–Trinajstić information content (AvgIpc) is 2.71. The third kappa shape index (κ3) is 3.81. The quantitative estimate of drug-likeness (QED) is 0.782. The Morgan fingerprint density at radius 3 is 2.67 bits per heavy atom. The molecule has 0 saturated carbocycles. The fourth-order valence-electron chi connectivity index (χ4n) is 1.89. The van der Waals surface area contributed by atoms with E-state index in [1.807, 2.05) is 13.8 Å². The Morgan fingerprint density at radius 1 is 1.43 bits per heavy atom. The molecule has 0 fully saturated rings. The van der Waals surface area contributed by atoms with Crippen molar-refractivity contribution in [3.05, 3.63) is 37.5 Å². The SMILES string of the molecule is Cc1nc(C)c(C(C)NS(=O)(=O)c2cc(Br)cnc2Cl)s1. The van der Waals surface area contributed by atoms with E-state index in [0.717, 1.165) is 15.6 Å². The average molecular weight is 411 g/mol. The minimum Gasteiger partial charge on any atom is -0.247 e. The number of sulfonamides is 1. The summed E-state index contributed by atoms with van der Waals surface area (Å²) >= 11 is 10.5. The highest BCUT2D eigenvalue weighted by Gasteiger charge is 2.24. The maximum Gasteiger partial charge on any atom is 0.244 e. The molecule has 0 radical (unpaired) electrons. The first-order valence-electron chi connectivity index (χ1n) is 5.98. The number of thiazole rings is 1. The summed E-state index contributed by atoms with van der Waals surface area (Å²) < 4.78 is 28.0. The van der Waals surface area contributed by atoms with E-state index in [2.05, 4.69) is 30.6 Å². The molecule has 9 heteroatoms. The van der Waals surface area contributed by atoms with E-state index in [0.29, 0.717) is 4.47 Å². The molecule has 1 N–H and O–H groups in total. The van der Waals surface area contributed by atoms with Crippen LogP contribution in [0.3, 0.4) is 0 Å². The number of nitrogens with zero attached hydrogens (tertiary/aromatic N) is 2. The molecule has 0 aliphatic heterocycles. The molecule has 1 atom stereocenters. The van der Waals surface area contributed by atoms with Gasteiger partial charge >= 0.3 is 0 Å². The van der Waals surface area contributed by atoms with E-state index in [4.69, 9.17) is 11.6 Å². The lowest BCUT2D eigenvalue weighted by Gasteiger charge is -2.14. The van der Waals surface area contributed by atoms with Crippen molar-refractivity contribution in [3.63, 3.8) is 0 Å². The molecule has 2 heterocycles. The fourth-order valence-corrected chi connectivity index (χ4v) is 5.05. The summed E-state index contributed by atoms with van der Waals surface area (Å²) in [5, 5.41) is 0.839. The van der Waals surface area contributed by atoms with E-state index < -0.39 is 16.1 Å². The molecule has 2 aromatic rings. The number of aryl methyl sites for hydroxylation is 2. The highest BCUT2D eigenvalue weighted by Crippen LogP contribution is 2.28. The Morgan fingerprint density at radius 2 is 2.10 bits per heavy atom. The zero-order valence-electron chi connectivity index (χ0n) is 11.5. The van der Waals surface area contributed by atoms with Crippen LogP contribution < -0.4 is 4.72 Å². The first-order valence-corrected chi connectivity index (χ1v) is 9.45. The summed E-state index contributed by atoms with van der Waals surface area (Å²) in [6.07, 6.45) is 1.45. The van der Waals surface area contributed by atoms with Gasteiger partial charge in [-0.15, -0.1) is 11.3 Å². The van der Waals surface area contributed by atoms with Gasteiger partial charge in [0.2, 0.25) is 10.0 Å². The highest BCUT2D eigenvalue weighted by molar-refractivity contribution is 9.10. The molecule has 5 nitrogen and oxygen atoms in total. The summed E-state index contributed by atoms with van der Waals surface area (Å²) in [7, 11) is -3.76.